The number of carbonyl (C=O) groups is 2. The highest BCUT2D eigenvalue weighted by molar-refractivity contribution is 6.70. The molecule has 0 amide bonds. The normalized spacial score (nSPS) is 38.3. The van der Waals surface area contributed by atoms with E-state index in [2.05, 4.69) is 25.7 Å². The van der Waals surface area contributed by atoms with E-state index >= 15 is 0 Å². The molecule has 0 aromatic carbocycles. The van der Waals surface area contributed by atoms with E-state index in [-0.39, 0.29) is 35.6 Å². The number of allylic oxidation sites excluding steroid dienone is 2. The molecule has 1 aliphatic heterocycles. The molecular weight excluding hydrogens is 248 g/mol. The van der Waals surface area contributed by atoms with Crippen molar-refractivity contribution in [3.63, 3.8) is 0 Å². The molecule has 0 aromatic heterocycles. The van der Waals surface area contributed by atoms with Gasteiger partial charge in [-0.25, -0.2) is 0 Å². The predicted molar refractivity (Wildman–Crippen MR) is 66.8 cm³/mol. The van der Waals surface area contributed by atoms with Gasteiger partial charge in [0, 0.05) is 5.92 Å². The summed E-state index contributed by atoms with van der Waals surface area (Å²) in [6.45, 7) is 6.39. The number of fused-ring (bicyclic) bond motifs is 1. The van der Waals surface area contributed by atoms with Crippen LogP contribution in [0.3, 0.4) is 0 Å². The first-order chi connectivity index (χ1) is 8.37. The Morgan fingerprint density at radius 1 is 1.17 bits per heavy atom. The summed E-state index contributed by atoms with van der Waals surface area (Å²) in [6, 6.07) is 0. The molecule has 5 heteroatoms. The number of carbonyl (C=O) groups excluding carboxylic acids is 2. The highest BCUT2D eigenvalue weighted by Crippen LogP contribution is 2.52. The number of hydrogen-bond donors (Lipinski definition) is 0. The van der Waals surface area contributed by atoms with Crippen LogP contribution in [-0.2, 0) is 18.8 Å². The molecule has 4 atom stereocenters. The summed E-state index contributed by atoms with van der Waals surface area (Å²) in [5, 5.41) is 0. The van der Waals surface area contributed by atoms with Crippen molar-refractivity contribution in [3.8, 4) is 0 Å². The van der Waals surface area contributed by atoms with Crippen LogP contribution in [0.5, 0.6) is 0 Å². The smallest absolute Gasteiger partial charge is 0.318 e. The van der Waals surface area contributed by atoms with E-state index in [1.165, 1.54) is 0 Å². The molecule has 18 heavy (non-hydrogen) atoms. The Morgan fingerprint density at radius 3 is 2.50 bits per heavy atom. The van der Waals surface area contributed by atoms with Crippen molar-refractivity contribution >= 4 is 20.3 Å². The van der Waals surface area contributed by atoms with Crippen LogP contribution in [0.2, 0.25) is 19.6 Å². The molecule has 4 aliphatic rings. The lowest BCUT2D eigenvalue weighted by atomic mass is 9.62. The lowest BCUT2D eigenvalue weighted by Gasteiger charge is -2.42. The third-order valence-electron chi connectivity index (χ3n) is 4.01. The molecule has 3 aliphatic carbocycles. The van der Waals surface area contributed by atoms with Crippen molar-refractivity contribution in [3.05, 3.63) is 11.8 Å². The number of hydrogen-bond acceptors (Lipinski definition) is 4. The fourth-order valence-electron chi connectivity index (χ4n) is 3.42. The minimum atomic E-state index is -1.67. The number of esters is 2. The zero-order valence-corrected chi connectivity index (χ0v) is 11.9. The van der Waals surface area contributed by atoms with E-state index in [0.717, 1.165) is 18.6 Å². The third kappa shape index (κ3) is 1.72. The monoisotopic (exact) mass is 266 g/mol. The molecule has 2 bridgehead atoms. The molecule has 0 N–H and O–H groups in total. The second-order valence-corrected chi connectivity index (χ2v) is 10.9. The van der Waals surface area contributed by atoms with Gasteiger partial charge in [0.1, 0.15) is 0 Å². The van der Waals surface area contributed by atoms with Crippen LogP contribution < -0.4 is 0 Å². The summed E-state index contributed by atoms with van der Waals surface area (Å²) < 4.78 is 10.9. The van der Waals surface area contributed by atoms with Crippen LogP contribution in [0.15, 0.2) is 11.8 Å². The fourth-order valence-corrected chi connectivity index (χ4v) is 4.35. The zero-order valence-electron chi connectivity index (χ0n) is 10.9. The topological polar surface area (TPSA) is 52.6 Å². The Hall–Kier alpha value is -1.10. The van der Waals surface area contributed by atoms with Gasteiger partial charge < -0.3 is 9.16 Å². The molecule has 1 saturated carbocycles. The molecule has 0 radical (unpaired) electrons. The first-order valence-corrected chi connectivity index (χ1v) is 9.94. The van der Waals surface area contributed by atoms with Crippen molar-refractivity contribution in [1.29, 1.82) is 0 Å². The quantitative estimate of drug-likeness (QED) is 0.436. The van der Waals surface area contributed by atoms with Gasteiger partial charge in [-0.05, 0) is 44.5 Å². The summed E-state index contributed by atoms with van der Waals surface area (Å²) in [5.74, 6) is -0.0698. The first-order valence-electron chi connectivity index (χ1n) is 6.53. The van der Waals surface area contributed by atoms with Crippen LogP contribution in [0.1, 0.15) is 12.8 Å². The fraction of sp³-hybridized carbons (Fsp3) is 0.692. The number of ether oxygens (including phenoxy) is 1. The standard InChI is InChI=1S/C13H18O4Si/c1-18(2,3)17-9-6-7-4-5-8(9)11-10(7)12(14)16-13(11)15/h6-8,10-11H,4-5H2,1-3H3/t7?,8?,10-,11+/m0/s1. The SMILES string of the molecule is C[Si](C)(C)OC1=CC2CCC1[C@H]1C(=O)OC(=O)[C@@H]21. The molecule has 98 valence electrons. The second kappa shape index (κ2) is 3.70. The minimum absolute atomic E-state index is 0.0608. The van der Waals surface area contributed by atoms with Crippen molar-refractivity contribution in [2.24, 2.45) is 23.7 Å². The van der Waals surface area contributed by atoms with Crippen molar-refractivity contribution in [2.75, 3.05) is 0 Å². The van der Waals surface area contributed by atoms with Crippen molar-refractivity contribution in [1.82, 2.24) is 0 Å². The summed E-state index contributed by atoms with van der Waals surface area (Å²) in [4.78, 5) is 23.5. The van der Waals surface area contributed by atoms with Gasteiger partial charge in [-0.3, -0.25) is 9.59 Å². The maximum Gasteiger partial charge on any atom is 0.318 e. The Morgan fingerprint density at radius 2 is 1.83 bits per heavy atom. The van der Waals surface area contributed by atoms with Gasteiger partial charge >= 0.3 is 11.9 Å². The van der Waals surface area contributed by atoms with Gasteiger partial charge in [-0.1, -0.05) is 0 Å². The largest absolute Gasteiger partial charge is 0.547 e. The van der Waals surface area contributed by atoms with Crippen molar-refractivity contribution < 1.29 is 18.8 Å². The Kier molecular flexibility index (Phi) is 2.45. The molecule has 0 aromatic rings. The van der Waals surface area contributed by atoms with Gasteiger partial charge in [-0.15, -0.1) is 0 Å². The maximum absolute atomic E-state index is 11.8. The molecular formula is C13H18O4Si. The van der Waals surface area contributed by atoms with Crippen molar-refractivity contribution in [2.45, 2.75) is 32.5 Å². The average molecular weight is 266 g/mol. The third-order valence-corrected chi connectivity index (χ3v) is 4.85. The summed E-state index contributed by atoms with van der Waals surface area (Å²) >= 11 is 0. The van der Waals surface area contributed by atoms with E-state index in [0.29, 0.717) is 0 Å². The Labute approximate surface area is 107 Å². The second-order valence-electron chi connectivity index (χ2n) is 6.42. The first kappa shape index (κ1) is 12.0. The molecule has 2 fully saturated rings. The van der Waals surface area contributed by atoms with Crippen LogP contribution in [0.25, 0.3) is 0 Å². The van der Waals surface area contributed by atoms with E-state index in [4.69, 9.17) is 9.16 Å². The summed E-state index contributed by atoms with van der Waals surface area (Å²) in [5.41, 5.74) is 0. The Balaban J connectivity index is 1.93. The van der Waals surface area contributed by atoms with Gasteiger partial charge in [0.25, 0.3) is 0 Å². The summed E-state index contributed by atoms with van der Waals surface area (Å²) in [6.07, 6.45) is 3.98. The van der Waals surface area contributed by atoms with Crippen LogP contribution >= 0.6 is 0 Å². The van der Waals surface area contributed by atoms with E-state index in [1.807, 2.05) is 0 Å². The Bertz CT molecular complexity index is 448. The molecule has 1 heterocycles. The van der Waals surface area contributed by atoms with Crippen LogP contribution in [0, 0.1) is 23.7 Å². The summed E-state index contributed by atoms with van der Waals surface area (Å²) in [7, 11) is -1.67. The molecule has 1 saturated heterocycles. The van der Waals surface area contributed by atoms with E-state index < -0.39 is 8.32 Å². The average Bonchev–Trinajstić information content (AvgIpc) is 2.55. The molecule has 4 nitrogen and oxygen atoms in total. The van der Waals surface area contributed by atoms with Gasteiger partial charge in [-0.2, -0.15) is 0 Å². The number of cyclic esters (lactones) is 2. The molecule has 4 rings (SSSR count). The predicted octanol–water partition coefficient (Wildman–Crippen LogP) is 2.08. The van der Waals surface area contributed by atoms with Crippen LogP contribution in [-0.4, -0.2) is 20.3 Å². The molecule has 2 unspecified atom stereocenters. The zero-order chi connectivity index (χ0) is 13.1. The van der Waals surface area contributed by atoms with Gasteiger partial charge in [0.15, 0.2) is 0 Å². The van der Waals surface area contributed by atoms with Crippen LogP contribution in [0.4, 0.5) is 0 Å². The lowest BCUT2D eigenvalue weighted by Crippen LogP contribution is -2.43. The lowest BCUT2D eigenvalue weighted by molar-refractivity contribution is -0.154. The maximum atomic E-state index is 11.8. The highest BCUT2D eigenvalue weighted by Gasteiger charge is 2.57. The van der Waals surface area contributed by atoms with Gasteiger partial charge in [0.2, 0.25) is 8.32 Å². The minimum Gasteiger partial charge on any atom is -0.547 e. The number of rotatable bonds is 2. The van der Waals surface area contributed by atoms with Gasteiger partial charge in [0.05, 0.1) is 17.6 Å². The van der Waals surface area contributed by atoms with E-state index in [9.17, 15) is 9.59 Å². The molecule has 0 spiro atoms. The highest BCUT2D eigenvalue weighted by atomic mass is 28.4. The van der Waals surface area contributed by atoms with E-state index in [1.54, 1.807) is 0 Å².